The quantitative estimate of drug-likeness (QED) is 0.636. The van der Waals surface area contributed by atoms with Crippen LogP contribution in [-0.4, -0.2) is 16.1 Å². The molecule has 7 heteroatoms. The van der Waals surface area contributed by atoms with E-state index in [0.29, 0.717) is 8.17 Å². The highest BCUT2D eigenvalue weighted by molar-refractivity contribution is 14.1. The number of halogens is 4. The number of carbonyl (C=O) groups is 1. The highest BCUT2D eigenvalue weighted by Gasteiger charge is 2.20. The van der Waals surface area contributed by atoms with Gasteiger partial charge in [-0.25, -0.2) is 13.8 Å². The highest BCUT2D eigenvalue weighted by Crippen LogP contribution is 2.28. The van der Waals surface area contributed by atoms with Gasteiger partial charge in [-0.1, -0.05) is 15.9 Å². The summed E-state index contributed by atoms with van der Waals surface area (Å²) in [5.41, 5.74) is -0.450. The number of pyridine rings is 1. The molecule has 0 amide bonds. The molecule has 0 bridgehead atoms. The molecule has 1 N–H and O–H groups in total. The van der Waals surface area contributed by atoms with E-state index in [-0.39, 0.29) is 5.56 Å². The number of rotatable bonds is 3. The summed E-state index contributed by atoms with van der Waals surface area (Å²) in [6.45, 7) is 0. The third-order valence-corrected chi connectivity index (χ3v) is 2.87. The topological polar surface area (TPSA) is 50.2 Å². The second-order valence-corrected chi connectivity index (χ2v) is 4.62. The zero-order valence-electron chi connectivity index (χ0n) is 7.18. The first-order chi connectivity index (χ1) is 6.91. The Balaban J connectivity index is 3.26. The van der Waals surface area contributed by atoms with Gasteiger partial charge in [0.05, 0.1) is 6.42 Å². The Hall–Kier alpha value is -0.310. The lowest BCUT2D eigenvalue weighted by molar-refractivity contribution is -0.136. The molecule has 1 aromatic rings. The van der Waals surface area contributed by atoms with Crippen LogP contribution in [0.1, 0.15) is 17.7 Å². The molecule has 0 fully saturated rings. The minimum absolute atomic E-state index is 0.0258. The molecule has 1 heterocycles. The van der Waals surface area contributed by atoms with Crippen LogP contribution >= 0.6 is 38.5 Å². The van der Waals surface area contributed by atoms with Gasteiger partial charge in [0.15, 0.2) is 0 Å². The Kier molecular flexibility index (Phi) is 4.38. The van der Waals surface area contributed by atoms with Gasteiger partial charge in [0.25, 0.3) is 6.43 Å². The molecule has 3 nitrogen and oxygen atoms in total. The summed E-state index contributed by atoms with van der Waals surface area (Å²) in [5.74, 6) is -1.17. The molecule has 0 spiro atoms. The van der Waals surface area contributed by atoms with E-state index in [1.54, 1.807) is 22.6 Å². The zero-order chi connectivity index (χ0) is 11.6. The average molecular weight is 392 g/mol. The first-order valence-corrected chi connectivity index (χ1v) is 5.63. The molecule has 15 heavy (non-hydrogen) atoms. The van der Waals surface area contributed by atoms with Gasteiger partial charge in [-0.15, -0.1) is 0 Å². The van der Waals surface area contributed by atoms with Crippen molar-refractivity contribution in [2.24, 2.45) is 0 Å². The molecule has 82 valence electrons. The lowest BCUT2D eigenvalue weighted by atomic mass is 10.1. The molecular formula is C8H5BrF2INO2. The van der Waals surface area contributed by atoms with Gasteiger partial charge >= 0.3 is 5.97 Å². The Morgan fingerprint density at radius 2 is 2.27 bits per heavy atom. The van der Waals surface area contributed by atoms with E-state index in [2.05, 4.69) is 20.9 Å². The summed E-state index contributed by atoms with van der Waals surface area (Å²) in [6.07, 6.45) is -3.24. The van der Waals surface area contributed by atoms with E-state index in [4.69, 9.17) is 5.11 Å². The summed E-state index contributed by atoms with van der Waals surface area (Å²) < 4.78 is 25.9. The number of carboxylic acid groups (broad SMARTS) is 1. The fraction of sp³-hybridized carbons (Fsp3) is 0.250. The Bertz CT molecular complexity index is 400. The Morgan fingerprint density at radius 1 is 1.67 bits per heavy atom. The third kappa shape index (κ3) is 3.33. The number of hydrogen-bond acceptors (Lipinski definition) is 2. The van der Waals surface area contributed by atoms with E-state index < -0.39 is 24.5 Å². The minimum Gasteiger partial charge on any atom is -0.481 e. The third-order valence-electron chi connectivity index (χ3n) is 1.61. The van der Waals surface area contributed by atoms with Crippen LogP contribution in [0.25, 0.3) is 0 Å². The summed E-state index contributed by atoms with van der Waals surface area (Å²) in [5, 5.41) is 8.57. The number of hydrogen-bond donors (Lipinski definition) is 1. The Labute approximate surface area is 106 Å². The van der Waals surface area contributed by atoms with Gasteiger partial charge in [0.2, 0.25) is 0 Å². The number of nitrogens with zero attached hydrogens (tertiary/aromatic N) is 1. The van der Waals surface area contributed by atoms with Gasteiger partial charge in [-0.2, -0.15) is 0 Å². The van der Waals surface area contributed by atoms with E-state index >= 15 is 0 Å². The maximum Gasteiger partial charge on any atom is 0.307 e. The van der Waals surface area contributed by atoms with Crippen molar-refractivity contribution in [1.82, 2.24) is 4.98 Å². The monoisotopic (exact) mass is 391 g/mol. The second kappa shape index (κ2) is 5.15. The normalized spacial score (nSPS) is 10.7. The fourth-order valence-corrected chi connectivity index (χ4v) is 2.59. The van der Waals surface area contributed by atoms with Crippen LogP contribution in [-0.2, 0) is 11.2 Å². The van der Waals surface area contributed by atoms with Gasteiger partial charge < -0.3 is 5.11 Å². The van der Waals surface area contributed by atoms with Gasteiger partial charge in [0.1, 0.15) is 9.39 Å². The fourth-order valence-electron chi connectivity index (χ4n) is 1.04. The van der Waals surface area contributed by atoms with Crippen molar-refractivity contribution in [3.63, 3.8) is 0 Å². The van der Waals surface area contributed by atoms with Gasteiger partial charge in [0, 0.05) is 10.0 Å². The molecule has 0 aliphatic rings. The van der Waals surface area contributed by atoms with Gasteiger partial charge in [-0.3, -0.25) is 4.79 Å². The molecule has 0 aromatic carbocycles. The molecule has 0 aliphatic carbocycles. The van der Waals surface area contributed by atoms with Gasteiger partial charge in [-0.05, 0) is 28.7 Å². The SMILES string of the molecule is O=C(O)Cc1c(Br)cc(I)nc1C(F)F. The van der Waals surface area contributed by atoms with Crippen molar-refractivity contribution >= 4 is 44.5 Å². The van der Waals surface area contributed by atoms with Crippen molar-refractivity contribution in [3.05, 3.63) is 25.5 Å². The molecule has 1 rings (SSSR count). The van der Waals surface area contributed by atoms with Crippen molar-refractivity contribution in [1.29, 1.82) is 0 Å². The predicted molar refractivity (Wildman–Crippen MR) is 61.0 cm³/mol. The zero-order valence-corrected chi connectivity index (χ0v) is 10.9. The average Bonchev–Trinajstić information content (AvgIpc) is 2.08. The smallest absolute Gasteiger partial charge is 0.307 e. The lowest BCUT2D eigenvalue weighted by Crippen LogP contribution is -2.08. The molecule has 0 aliphatic heterocycles. The molecule has 0 atom stereocenters. The van der Waals surface area contributed by atoms with Crippen LogP contribution in [0.4, 0.5) is 8.78 Å². The molecular weight excluding hydrogens is 387 g/mol. The summed E-state index contributed by atoms with van der Waals surface area (Å²) >= 11 is 4.85. The van der Waals surface area contributed by atoms with Crippen molar-refractivity contribution in [2.75, 3.05) is 0 Å². The van der Waals surface area contributed by atoms with E-state index in [1.807, 2.05) is 0 Å². The van der Waals surface area contributed by atoms with E-state index in [9.17, 15) is 13.6 Å². The highest BCUT2D eigenvalue weighted by atomic mass is 127. The molecule has 0 saturated carbocycles. The van der Waals surface area contributed by atoms with Crippen molar-refractivity contribution < 1.29 is 18.7 Å². The van der Waals surface area contributed by atoms with Crippen LogP contribution in [0.3, 0.4) is 0 Å². The van der Waals surface area contributed by atoms with Crippen LogP contribution in [0.15, 0.2) is 10.5 Å². The van der Waals surface area contributed by atoms with Crippen molar-refractivity contribution in [2.45, 2.75) is 12.8 Å². The maximum atomic E-state index is 12.6. The second-order valence-electron chi connectivity index (χ2n) is 2.66. The number of aromatic nitrogens is 1. The van der Waals surface area contributed by atoms with E-state index in [0.717, 1.165) is 0 Å². The van der Waals surface area contributed by atoms with E-state index in [1.165, 1.54) is 6.07 Å². The minimum atomic E-state index is -2.77. The summed E-state index contributed by atoms with van der Waals surface area (Å²) in [4.78, 5) is 14.1. The van der Waals surface area contributed by atoms with Crippen molar-refractivity contribution in [3.8, 4) is 0 Å². The standard InChI is InChI=1S/C8H5BrF2INO2/c9-4-2-5(12)13-7(8(10)11)3(4)1-6(14)15/h2,8H,1H2,(H,14,15). The number of alkyl halides is 2. The van der Waals surface area contributed by atoms with Crippen LogP contribution in [0.2, 0.25) is 0 Å². The summed E-state index contributed by atoms with van der Waals surface area (Å²) in [6, 6.07) is 1.50. The predicted octanol–water partition coefficient (Wildman–Crippen LogP) is 3.01. The van der Waals surface area contributed by atoms with Crippen LogP contribution in [0.5, 0.6) is 0 Å². The maximum absolute atomic E-state index is 12.6. The molecule has 0 unspecified atom stereocenters. The molecule has 1 aromatic heterocycles. The number of aliphatic carboxylic acids is 1. The first kappa shape index (κ1) is 12.8. The van der Waals surface area contributed by atoms with Crippen LogP contribution < -0.4 is 0 Å². The lowest BCUT2D eigenvalue weighted by Gasteiger charge is -2.08. The molecule has 0 saturated heterocycles. The number of carboxylic acids is 1. The molecule has 0 radical (unpaired) electrons. The Morgan fingerprint density at radius 3 is 2.73 bits per heavy atom. The largest absolute Gasteiger partial charge is 0.481 e. The summed E-state index contributed by atoms with van der Waals surface area (Å²) in [7, 11) is 0. The first-order valence-electron chi connectivity index (χ1n) is 3.76. The van der Waals surface area contributed by atoms with Crippen LogP contribution in [0, 0.1) is 3.70 Å².